The molecule has 0 aliphatic carbocycles. The number of halogens is 1. The maximum atomic E-state index is 13.3. The molecule has 0 unspecified atom stereocenters. The zero-order valence-corrected chi connectivity index (χ0v) is 13.3. The monoisotopic (exact) mass is 328 g/mol. The number of hydrogen-bond acceptors (Lipinski definition) is 5. The highest BCUT2D eigenvalue weighted by Crippen LogP contribution is 2.25. The van der Waals surface area contributed by atoms with Crippen molar-refractivity contribution in [3.63, 3.8) is 0 Å². The van der Waals surface area contributed by atoms with Crippen LogP contribution in [0.4, 0.5) is 9.52 Å². The number of nitrogens with one attached hydrogen (secondary N) is 1. The fourth-order valence-electron chi connectivity index (χ4n) is 2.11. The smallest absolute Gasteiger partial charge is 0.276 e. The average Bonchev–Trinajstić information content (AvgIpc) is 2.95. The first-order valence-electron chi connectivity index (χ1n) is 6.86. The van der Waals surface area contributed by atoms with E-state index in [1.807, 2.05) is 0 Å². The number of anilines is 1. The third kappa shape index (κ3) is 3.57. The van der Waals surface area contributed by atoms with Crippen LogP contribution < -0.4 is 5.32 Å². The lowest BCUT2D eigenvalue weighted by Gasteiger charge is -2.03. The maximum Gasteiger partial charge on any atom is 0.276 e. The van der Waals surface area contributed by atoms with Crippen molar-refractivity contribution in [2.45, 2.75) is 13.8 Å². The molecule has 0 bridgehead atoms. The first-order chi connectivity index (χ1) is 11.0. The number of rotatable bonds is 3. The number of nitrogens with zero attached hydrogens (tertiary/aromatic N) is 3. The third-order valence-electron chi connectivity index (χ3n) is 3.04. The van der Waals surface area contributed by atoms with Crippen LogP contribution in [0.2, 0.25) is 0 Å². The number of hydrogen-bond donors (Lipinski definition) is 1. The van der Waals surface area contributed by atoms with Gasteiger partial charge in [0.25, 0.3) is 5.91 Å². The molecule has 116 valence electrons. The van der Waals surface area contributed by atoms with Crippen LogP contribution in [0.1, 0.15) is 22.0 Å². The number of benzene rings is 1. The minimum absolute atomic E-state index is 0.289. The molecular formula is C16H13FN4OS. The number of amides is 1. The largest absolute Gasteiger partial charge is 0.296 e. The van der Waals surface area contributed by atoms with E-state index in [-0.39, 0.29) is 17.4 Å². The second-order valence-electron chi connectivity index (χ2n) is 4.94. The van der Waals surface area contributed by atoms with Gasteiger partial charge in [0.15, 0.2) is 5.13 Å². The summed E-state index contributed by atoms with van der Waals surface area (Å²) in [4.78, 5) is 24.8. The zero-order valence-electron chi connectivity index (χ0n) is 12.5. The fourth-order valence-corrected chi connectivity index (χ4v) is 2.82. The Balaban J connectivity index is 1.80. The Labute approximate surface area is 136 Å². The van der Waals surface area contributed by atoms with Crippen LogP contribution in [0.15, 0.2) is 35.7 Å². The molecule has 0 atom stereocenters. The van der Waals surface area contributed by atoms with E-state index in [1.54, 1.807) is 37.4 Å². The van der Waals surface area contributed by atoms with E-state index >= 15 is 0 Å². The third-order valence-corrected chi connectivity index (χ3v) is 3.80. The molecule has 7 heteroatoms. The summed E-state index contributed by atoms with van der Waals surface area (Å²) < 4.78 is 13.3. The van der Waals surface area contributed by atoms with Crippen LogP contribution in [0.5, 0.6) is 0 Å². The van der Waals surface area contributed by atoms with Crippen molar-refractivity contribution in [1.29, 1.82) is 0 Å². The van der Waals surface area contributed by atoms with Gasteiger partial charge in [0.05, 0.1) is 5.69 Å². The van der Waals surface area contributed by atoms with E-state index in [1.165, 1.54) is 23.5 Å². The molecular weight excluding hydrogens is 315 g/mol. The molecule has 0 saturated heterocycles. The summed E-state index contributed by atoms with van der Waals surface area (Å²) in [5.41, 5.74) is 2.29. The lowest BCUT2D eigenvalue weighted by atomic mass is 10.2. The number of carbonyl (C=O) groups is 1. The molecule has 0 aliphatic heterocycles. The van der Waals surface area contributed by atoms with E-state index < -0.39 is 0 Å². The molecule has 0 saturated carbocycles. The van der Waals surface area contributed by atoms with E-state index in [2.05, 4.69) is 20.3 Å². The van der Waals surface area contributed by atoms with Gasteiger partial charge in [0.1, 0.15) is 17.3 Å². The van der Waals surface area contributed by atoms with E-state index in [0.29, 0.717) is 22.2 Å². The summed E-state index contributed by atoms with van der Waals surface area (Å²) in [5, 5.41) is 4.90. The highest BCUT2D eigenvalue weighted by atomic mass is 32.1. The van der Waals surface area contributed by atoms with Crippen LogP contribution in [-0.2, 0) is 0 Å². The highest BCUT2D eigenvalue weighted by Gasteiger charge is 2.12. The number of aryl methyl sites for hydroxylation is 2. The van der Waals surface area contributed by atoms with Crippen LogP contribution in [0.3, 0.4) is 0 Å². The second kappa shape index (κ2) is 6.21. The Kier molecular flexibility index (Phi) is 4.12. The minimum Gasteiger partial charge on any atom is -0.296 e. The van der Waals surface area contributed by atoms with Crippen molar-refractivity contribution in [2.75, 3.05) is 5.32 Å². The molecule has 1 amide bonds. The van der Waals surface area contributed by atoms with Crippen LogP contribution in [-0.4, -0.2) is 20.9 Å². The lowest BCUT2D eigenvalue weighted by molar-refractivity contribution is 0.102. The van der Waals surface area contributed by atoms with Crippen LogP contribution >= 0.6 is 11.3 Å². The predicted molar refractivity (Wildman–Crippen MR) is 87.0 cm³/mol. The Morgan fingerprint density at radius 1 is 1.17 bits per heavy atom. The Bertz CT molecular complexity index is 858. The predicted octanol–water partition coefficient (Wildman–Crippen LogP) is 3.61. The van der Waals surface area contributed by atoms with Crippen molar-refractivity contribution < 1.29 is 9.18 Å². The zero-order chi connectivity index (χ0) is 16.4. The van der Waals surface area contributed by atoms with Crippen molar-refractivity contribution >= 4 is 22.4 Å². The van der Waals surface area contributed by atoms with Gasteiger partial charge in [0, 0.05) is 16.6 Å². The van der Waals surface area contributed by atoms with Crippen LogP contribution in [0.25, 0.3) is 11.3 Å². The minimum atomic E-state index is -0.348. The summed E-state index contributed by atoms with van der Waals surface area (Å²) in [7, 11) is 0. The van der Waals surface area contributed by atoms with Crippen molar-refractivity contribution in [1.82, 2.24) is 15.0 Å². The van der Waals surface area contributed by atoms with Gasteiger partial charge in [-0.1, -0.05) is 12.1 Å². The van der Waals surface area contributed by atoms with E-state index in [9.17, 15) is 9.18 Å². The van der Waals surface area contributed by atoms with Gasteiger partial charge in [-0.25, -0.2) is 19.3 Å². The van der Waals surface area contributed by atoms with Gasteiger partial charge in [-0.2, -0.15) is 0 Å². The van der Waals surface area contributed by atoms with Gasteiger partial charge >= 0.3 is 0 Å². The van der Waals surface area contributed by atoms with Gasteiger partial charge < -0.3 is 0 Å². The molecule has 2 heterocycles. The number of aromatic nitrogens is 3. The topological polar surface area (TPSA) is 67.8 Å². The highest BCUT2D eigenvalue weighted by molar-refractivity contribution is 7.14. The first kappa shape index (κ1) is 15.2. The summed E-state index contributed by atoms with van der Waals surface area (Å²) in [6, 6.07) is 7.77. The molecule has 0 radical (unpaired) electrons. The molecule has 2 aromatic heterocycles. The summed E-state index contributed by atoms with van der Waals surface area (Å²) in [6.45, 7) is 3.53. The normalized spacial score (nSPS) is 10.6. The maximum absolute atomic E-state index is 13.3. The van der Waals surface area contributed by atoms with E-state index in [4.69, 9.17) is 0 Å². The molecule has 3 rings (SSSR count). The Hall–Kier alpha value is -2.67. The van der Waals surface area contributed by atoms with Crippen molar-refractivity contribution in [3.05, 3.63) is 58.7 Å². The quantitative estimate of drug-likeness (QED) is 0.797. The molecule has 3 aromatic rings. The Morgan fingerprint density at radius 3 is 2.74 bits per heavy atom. The van der Waals surface area contributed by atoms with Gasteiger partial charge in [0.2, 0.25) is 0 Å². The standard InChI is InChI=1S/C16H13FN4OS/c1-9-6-13(19-10(2)18-9)15(22)21-16-20-14(8-23-16)11-4-3-5-12(17)7-11/h3-8H,1-2H3,(H,20,21,22). The lowest BCUT2D eigenvalue weighted by Crippen LogP contribution is -2.15. The number of carbonyl (C=O) groups excluding carboxylic acids is 1. The molecule has 0 spiro atoms. The summed E-state index contributed by atoms with van der Waals surface area (Å²) in [6.07, 6.45) is 0. The molecule has 0 aliphatic rings. The van der Waals surface area contributed by atoms with Crippen molar-refractivity contribution in [3.8, 4) is 11.3 Å². The summed E-state index contributed by atoms with van der Waals surface area (Å²) in [5.74, 6) is -0.137. The molecule has 1 N–H and O–H groups in total. The van der Waals surface area contributed by atoms with Gasteiger partial charge in [-0.3, -0.25) is 10.1 Å². The molecule has 0 fully saturated rings. The SMILES string of the molecule is Cc1cc(C(=O)Nc2nc(-c3cccc(F)c3)cs2)nc(C)n1. The summed E-state index contributed by atoms with van der Waals surface area (Å²) >= 11 is 1.27. The van der Waals surface area contributed by atoms with Crippen molar-refractivity contribution in [2.24, 2.45) is 0 Å². The van der Waals surface area contributed by atoms with Gasteiger partial charge in [-0.15, -0.1) is 11.3 Å². The molecule has 1 aromatic carbocycles. The molecule has 23 heavy (non-hydrogen) atoms. The Morgan fingerprint density at radius 2 is 2.00 bits per heavy atom. The second-order valence-corrected chi connectivity index (χ2v) is 5.80. The molecule has 5 nitrogen and oxygen atoms in total. The number of thiazole rings is 1. The average molecular weight is 328 g/mol. The van der Waals surface area contributed by atoms with Gasteiger partial charge in [-0.05, 0) is 32.0 Å². The van der Waals surface area contributed by atoms with Crippen LogP contribution in [0, 0.1) is 19.7 Å². The first-order valence-corrected chi connectivity index (χ1v) is 7.74. The fraction of sp³-hybridized carbons (Fsp3) is 0.125. The van der Waals surface area contributed by atoms with E-state index in [0.717, 1.165) is 5.69 Å².